The number of carbonyl (C=O) groups excluding carboxylic acids is 1. The van der Waals surface area contributed by atoms with Gasteiger partial charge in [0.1, 0.15) is 6.33 Å². The fourth-order valence-electron chi connectivity index (χ4n) is 3.36. The van der Waals surface area contributed by atoms with Gasteiger partial charge in [0.2, 0.25) is 0 Å². The van der Waals surface area contributed by atoms with Crippen LogP contribution in [-0.2, 0) is 0 Å². The summed E-state index contributed by atoms with van der Waals surface area (Å²) in [5, 5.41) is 9.80. The summed E-state index contributed by atoms with van der Waals surface area (Å²) in [5.41, 5.74) is 4.31. The summed E-state index contributed by atoms with van der Waals surface area (Å²) in [6.45, 7) is 3.89. The summed E-state index contributed by atoms with van der Waals surface area (Å²) in [6, 6.07) is 17.1. The van der Waals surface area contributed by atoms with Crippen molar-refractivity contribution in [2.75, 3.05) is 5.75 Å². The molecule has 152 valence electrons. The van der Waals surface area contributed by atoms with Crippen LogP contribution in [0.5, 0.6) is 0 Å². The molecule has 0 aliphatic carbocycles. The molecule has 0 aliphatic heterocycles. The Balaban J connectivity index is 1.56. The summed E-state index contributed by atoms with van der Waals surface area (Å²) in [7, 11) is 0. The fourth-order valence-corrected chi connectivity index (χ4v) is 4.47. The molecule has 0 radical (unpaired) electrons. The van der Waals surface area contributed by atoms with Gasteiger partial charge in [-0.05, 0) is 50.2 Å². The average molecular weight is 457 g/mol. The van der Waals surface area contributed by atoms with Crippen molar-refractivity contribution >= 4 is 40.7 Å². The Morgan fingerprint density at radius 1 is 1.00 bits per heavy atom. The van der Waals surface area contributed by atoms with Gasteiger partial charge in [-0.15, -0.1) is 10.2 Å². The van der Waals surface area contributed by atoms with Crippen LogP contribution in [0.25, 0.3) is 11.4 Å². The van der Waals surface area contributed by atoms with Crippen LogP contribution >= 0.6 is 35.0 Å². The highest BCUT2D eigenvalue weighted by molar-refractivity contribution is 7.99. The number of carbonyl (C=O) groups is 1. The highest BCUT2D eigenvalue weighted by atomic mass is 35.5. The van der Waals surface area contributed by atoms with Gasteiger partial charge in [0, 0.05) is 28.3 Å². The van der Waals surface area contributed by atoms with Crippen LogP contribution in [0.1, 0.15) is 21.7 Å². The van der Waals surface area contributed by atoms with E-state index in [-0.39, 0.29) is 11.5 Å². The molecule has 2 aromatic heterocycles. The van der Waals surface area contributed by atoms with E-state index in [4.69, 9.17) is 23.2 Å². The van der Waals surface area contributed by atoms with Crippen LogP contribution < -0.4 is 0 Å². The average Bonchev–Trinajstić information content (AvgIpc) is 3.33. The van der Waals surface area contributed by atoms with Gasteiger partial charge in [0.25, 0.3) is 0 Å². The number of aryl methyl sites for hydroxylation is 1. The Hall–Kier alpha value is -2.54. The molecular formula is C22H18Cl2N4OS. The summed E-state index contributed by atoms with van der Waals surface area (Å²) in [4.78, 5) is 13.0. The van der Waals surface area contributed by atoms with Crippen molar-refractivity contribution in [3.63, 3.8) is 0 Å². The fraction of sp³-hybridized carbons (Fsp3) is 0.136. The second kappa shape index (κ2) is 8.68. The van der Waals surface area contributed by atoms with Gasteiger partial charge < -0.3 is 4.57 Å². The lowest BCUT2D eigenvalue weighted by Gasteiger charge is -2.11. The Morgan fingerprint density at radius 2 is 1.77 bits per heavy atom. The minimum absolute atomic E-state index is 0.0297. The molecule has 0 bridgehead atoms. The van der Waals surface area contributed by atoms with Crippen LogP contribution in [0.4, 0.5) is 0 Å². The molecule has 8 heteroatoms. The molecule has 0 fully saturated rings. The molecule has 2 aromatic carbocycles. The first kappa shape index (κ1) is 20.7. The number of benzene rings is 2. The largest absolute Gasteiger partial charge is 0.318 e. The maximum absolute atomic E-state index is 13.0. The van der Waals surface area contributed by atoms with Crippen molar-refractivity contribution in [1.29, 1.82) is 0 Å². The van der Waals surface area contributed by atoms with E-state index in [1.54, 1.807) is 18.5 Å². The van der Waals surface area contributed by atoms with Crippen molar-refractivity contribution in [3.8, 4) is 11.4 Å². The first-order valence-corrected chi connectivity index (χ1v) is 11.0. The van der Waals surface area contributed by atoms with E-state index in [9.17, 15) is 4.79 Å². The molecule has 4 rings (SSSR count). The third-order valence-electron chi connectivity index (χ3n) is 4.78. The summed E-state index contributed by atoms with van der Waals surface area (Å²) >= 11 is 13.6. The molecule has 0 N–H and O–H groups in total. The number of Topliss-reactive ketones (excluding diaryl/α,β-unsaturated/α-hetero) is 1. The number of rotatable bonds is 6. The van der Waals surface area contributed by atoms with E-state index in [2.05, 4.69) is 10.2 Å². The zero-order chi connectivity index (χ0) is 21.3. The van der Waals surface area contributed by atoms with Crippen molar-refractivity contribution in [3.05, 3.63) is 87.9 Å². The zero-order valence-electron chi connectivity index (χ0n) is 16.3. The van der Waals surface area contributed by atoms with Crippen molar-refractivity contribution in [2.24, 2.45) is 0 Å². The van der Waals surface area contributed by atoms with E-state index in [0.717, 1.165) is 22.8 Å². The van der Waals surface area contributed by atoms with Crippen LogP contribution in [-0.4, -0.2) is 30.9 Å². The van der Waals surface area contributed by atoms with Crippen molar-refractivity contribution < 1.29 is 4.79 Å². The van der Waals surface area contributed by atoms with Crippen molar-refractivity contribution in [1.82, 2.24) is 19.3 Å². The van der Waals surface area contributed by atoms with Gasteiger partial charge in [0.15, 0.2) is 10.9 Å². The first-order chi connectivity index (χ1) is 14.5. The lowest BCUT2D eigenvalue weighted by Crippen LogP contribution is -2.06. The highest BCUT2D eigenvalue weighted by Gasteiger charge is 2.18. The SMILES string of the molecule is Cc1cc(C(=O)CSc2nncn2-c2ccccc2)c(C)n1-c1ccc(Cl)c(Cl)c1. The minimum atomic E-state index is 0.0297. The molecular weight excluding hydrogens is 439 g/mol. The predicted octanol–water partition coefficient (Wildman–Crippen LogP) is 5.96. The summed E-state index contributed by atoms with van der Waals surface area (Å²) in [5.74, 6) is 0.291. The third kappa shape index (κ3) is 4.03. The topological polar surface area (TPSA) is 52.7 Å². The Morgan fingerprint density at radius 3 is 2.50 bits per heavy atom. The van der Waals surface area contributed by atoms with E-state index < -0.39 is 0 Å². The Bertz CT molecular complexity index is 1220. The molecule has 0 unspecified atom stereocenters. The Labute approximate surface area is 188 Å². The quantitative estimate of drug-likeness (QED) is 0.265. The van der Waals surface area contributed by atoms with Gasteiger partial charge in [-0.1, -0.05) is 53.2 Å². The van der Waals surface area contributed by atoms with E-state index in [1.807, 2.05) is 65.4 Å². The zero-order valence-corrected chi connectivity index (χ0v) is 18.7. The molecule has 0 aliphatic rings. The number of hydrogen-bond donors (Lipinski definition) is 0. The summed E-state index contributed by atoms with van der Waals surface area (Å²) in [6.07, 6.45) is 1.65. The lowest BCUT2D eigenvalue weighted by atomic mass is 10.2. The van der Waals surface area contributed by atoms with Crippen molar-refractivity contribution in [2.45, 2.75) is 19.0 Å². The van der Waals surface area contributed by atoms with E-state index in [1.165, 1.54) is 11.8 Å². The molecule has 4 aromatic rings. The standard InChI is InChI=1S/C22H18Cl2N4OS/c1-14-10-18(15(2)28(14)17-8-9-19(23)20(24)11-17)21(29)12-30-22-26-25-13-27(22)16-6-4-3-5-7-16/h3-11,13H,12H2,1-2H3. The maximum atomic E-state index is 13.0. The van der Waals surface area contributed by atoms with Gasteiger partial charge in [0.05, 0.1) is 15.8 Å². The number of thioether (sulfide) groups is 1. The lowest BCUT2D eigenvalue weighted by molar-refractivity contribution is 0.102. The third-order valence-corrected chi connectivity index (χ3v) is 6.46. The van der Waals surface area contributed by atoms with Gasteiger partial charge in [-0.2, -0.15) is 0 Å². The molecule has 2 heterocycles. The van der Waals surface area contributed by atoms with Crippen LogP contribution in [0.3, 0.4) is 0 Å². The van der Waals surface area contributed by atoms with Gasteiger partial charge >= 0.3 is 0 Å². The number of ketones is 1. The number of aromatic nitrogens is 4. The smallest absolute Gasteiger partial charge is 0.196 e. The van der Waals surface area contributed by atoms with Crippen LogP contribution in [0.15, 0.2) is 66.1 Å². The van der Waals surface area contributed by atoms with Gasteiger partial charge in [-0.25, -0.2) is 0 Å². The molecule has 0 spiro atoms. The van der Waals surface area contributed by atoms with Crippen LogP contribution in [0, 0.1) is 13.8 Å². The number of hydrogen-bond acceptors (Lipinski definition) is 4. The van der Waals surface area contributed by atoms with E-state index >= 15 is 0 Å². The molecule has 0 amide bonds. The molecule has 5 nitrogen and oxygen atoms in total. The van der Waals surface area contributed by atoms with Crippen LogP contribution in [0.2, 0.25) is 10.0 Å². The second-order valence-electron chi connectivity index (χ2n) is 6.75. The number of para-hydroxylation sites is 1. The monoisotopic (exact) mass is 456 g/mol. The molecule has 0 saturated heterocycles. The normalized spacial score (nSPS) is 11.1. The molecule has 30 heavy (non-hydrogen) atoms. The highest BCUT2D eigenvalue weighted by Crippen LogP contribution is 2.28. The minimum Gasteiger partial charge on any atom is -0.318 e. The van der Waals surface area contributed by atoms with E-state index in [0.29, 0.717) is 20.8 Å². The second-order valence-corrected chi connectivity index (χ2v) is 8.51. The first-order valence-electron chi connectivity index (χ1n) is 9.21. The summed E-state index contributed by atoms with van der Waals surface area (Å²) < 4.78 is 3.88. The molecule has 0 saturated carbocycles. The number of nitrogens with zero attached hydrogens (tertiary/aromatic N) is 4. The molecule has 0 atom stereocenters. The predicted molar refractivity (Wildman–Crippen MR) is 122 cm³/mol. The van der Waals surface area contributed by atoms with Gasteiger partial charge in [-0.3, -0.25) is 9.36 Å². The number of halogens is 2. The maximum Gasteiger partial charge on any atom is 0.196 e. The Kier molecular flexibility index (Phi) is 5.99.